The molecule has 2 nitrogen and oxygen atoms in total. The van der Waals surface area contributed by atoms with Crippen molar-refractivity contribution >= 4 is 0 Å². The van der Waals surface area contributed by atoms with Gasteiger partial charge in [0.05, 0.1) is 5.56 Å². The van der Waals surface area contributed by atoms with E-state index in [1.807, 2.05) is 42.1 Å². The van der Waals surface area contributed by atoms with Crippen LogP contribution in [0.4, 0.5) is 0 Å². The first kappa shape index (κ1) is 9.54. The summed E-state index contributed by atoms with van der Waals surface area (Å²) in [5.41, 5.74) is 3.04. The van der Waals surface area contributed by atoms with Crippen molar-refractivity contribution in [1.82, 2.24) is 4.57 Å². The van der Waals surface area contributed by atoms with Gasteiger partial charge in [-0.1, -0.05) is 30.3 Å². The molecule has 0 atom stereocenters. The first-order chi connectivity index (χ1) is 7.29. The normalized spacial score (nSPS) is 9.87. The average Bonchev–Trinajstić information content (AvgIpc) is 2.60. The van der Waals surface area contributed by atoms with E-state index in [0.29, 0.717) is 0 Å². The molecule has 1 heterocycles. The Morgan fingerprint density at radius 1 is 1.20 bits per heavy atom. The molecule has 2 aromatic rings. The molecule has 1 aromatic carbocycles. The average molecular weight is 196 g/mol. The molecule has 0 saturated carbocycles. The van der Waals surface area contributed by atoms with Crippen molar-refractivity contribution < 1.29 is 0 Å². The molecular weight excluding hydrogens is 184 g/mol. The summed E-state index contributed by atoms with van der Waals surface area (Å²) in [7, 11) is 0. The third kappa shape index (κ3) is 2.08. The van der Waals surface area contributed by atoms with Crippen LogP contribution >= 0.6 is 0 Å². The van der Waals surface area contributed by atoms with Gasteiger partial charge >= 0.3 is 0 Å². The monoisotopic (exact) mass is 196 g/mol. The smallest absolute Gasteiger partial charge is 0.101 e. The van der Waals surface area contributed by atoms with Crippen LogP contribution in [0.15, 0.2) is 42.7 Å². The molecule has 0 N–H and O–H groups in total. The third-order valence-corrected chi connectivity index (χ3v) is 2.41. The second kappa shape index (κ2) is 4.02. The Bertz CT molecular complexity index is 489. The minimum atomic E-state index is 0.755. The first-order valence-corrected chi connectivity index (χ1v) is 4.90. The molecule has 0 saturated heterocycles. The molecule has 74 valence electrons. The van der Waals surface area contributed by atoms with Gasteiger partial charge in [-0.15, -0.1) is 0 Å². The number of aromatic nitrogens is 1. The van der Waals surface area contributed by atoms with Gasteiger partial charge < -0.3 is 4.57 Å². The fourth-order valence-electron chi connectivity index (χ4n) is 1.63. The van der Waals surface area contributed by atoms with Crippen LogP contribution in [-0.4, -0.2) is 4.57 Å². The summed E-state index contributed by atoms with van der Waals surface area (Å²) >= 11 is 0. The summed E-state index contributed by atoms with van der Waals surface area (Å²) in [6, 6.07) is 12.4. The number of nitrogens with zero attached hydrogens (tertiary/aromatic N) is 2. The lowest BCUT2D eigenvalue weighted by molar-refractivity contribution is 0.804. The van der Waals surface area contributed by atoms with Crippen LogP contribution in [0.5, 0.6) is 0 Å². The second-order valence-corrected chi connectivity index (χ2v) is 3.62. The van der Waals surface area contributed by atoms with Gasteiger partial charge in [-0.2, -0.15) is 5.26 Å². The molecule has 0 fully saturated rings. The Morgan fingerprint density at radius 3 is 2.53 bits per heavy atom. The van der Waals surface area contributed by atoms with Crippen LogP contribution in [0.25, 0.3) is 0 Å². The third-order valence-electron chi connectivity index (χ3n) is 2.41. The number of hydrogen-bond donors (Lipinski definition) is 0. The highest BCUT2D eigenvalue weighted by Gasteiger charge is 2.01. The zero-order valence-corrected chi connectivity index (χ0v) is 8.64. The van der Waals surface area contributed by atoms with Gasteiger partial charge in [0.2, 0.25) is 0 Å². The van der Waals surface area contributed by atoms with E-state index < -0.39 is 0 Å². The number of aryl methyl sites for hydroxylation is 1. The van der Waals surface area contributed by atoms with Crippen molar-refractivity contribution in [3.05, 3.63) is 59.4 Å². The highest BCUT2D eigenvalue weighted by atomic mass is 14.9. The maximum Gasteiger partial charge on any atom is 0.101 e. The lowest BCUT2D eigenvalue weighted by Gasteiger charge is -2.01. The Kier molecular flexibility index (Phi) is 2.55. The van der Waals surface area contributed by atoms with Crippen molar-refractivity contribution in [3.8, 4) is 6.07 Å². The van der Waals surface area contributed by atoms with Crippen LogP contribution in [0.1, 0.15) is 16.7 Å². The molecule has 2 rings (SSSR count). The van der Waals surface area contributed by atoms with Gasteiger partial charge in [-0.05, 0) is 18.1 Å². The van der Waals surface area contributed by atoms with Crippen molar-refractivity contribution in [1.29, 1.82) is 5.26 Å². The number of benzene rings is 1. The minimum Gasteiger partial charge on any atom is -0.348 e. The molecule has 0 radical (unpaired) electrons. The van der Waals surface area contributed by atoms with Crippen LogP contribution in [-0.2, 0) is 6.54 Å². The van der Waals surface area contributed by atoms with Crippen molar-refractivity contribution in [2.45, 2.75) is 13.5 Å². The van der Waals surface area contributed by atoms with E-state index in [1.54, 1.807) is 0 Å². The Hall–Kier alpha value is -2.01. The SMILES string of the molecule is Cc1cn(Cc2ccccc2)cc1C#N. The van der Waals surface area contributed by atoms with Crippen LogP contribution in [0.2, 0.25) is 0 Å². The van der Waals surface area contributed by atoms with Crippen molar-refractivity contribution in [2.24, 2.45) is 0 Å². The highest BCUT2D eigenvalue weighted by Crippen LogP contribution is 2.10. The summed E-state index contributed by atoms with van der Waals surface area (Å²) in [5.74, 6) is 0. The molecule has 0 unspecified atom stereocenters. The van der Waals surface area contributed by atoms with Gasteiger partial charge in [0.15, 0.2) is 0 Å². The number of nitriles is 1. The van der Waals surface area contributed by atoms with Gasteiger partial charge in [-0.25, -0.2) is 0 Å². The summed E-state index contributed by atoms with van der Waals surface area (Å²) in [5, 5.41) is 8.83. The maximum absolute atomic E-state index is 8.83. The summed E-state index contributed by atoms with van der Waals surface area (Å²) < 4.78 is 2.04. The second-order valence-electron chi connectivity index (χ2n) is 3.62. The number of hydrogen-bond acceptors (Lipinski definition) is 1. The van der Waals surface area contributed by atoms with E-state index in [0.717, 1.165) is 17.7 Å². The molecule has 0 amide bonds. The first-order valence-electron chi connectivity index (χ1n) is 4.90. The van der Waals surface area contributed by atoms with E-state index in [4.69, 9.17) is 5.26 Å². The minimum absolute atomic E-state index is 0.755. The zero-order valence-electron chi connectivity index (χ0n) is 8.64. The zero-order chi connectivity index (χ0) is 10.7. The van der Waals surface area contributed by atoms with E-state index >= 15 is 0 Å². The van der Waals surface area contributed by atoms with E-state index in [2.05, 4.69) is 18.2 Å². The molecule has 2 heteroatoms. The summed E-state index contributed by atoms with van der Waals surface area (Å²) in [6.07, 6.45) is 3.90. The van der Waals surface area contributed by atoms with Crippen LogP contribution in [0.3, 0.4) is 0 Å². The van der Waals surface area contributed by atoms with Gasteiger partial charge in [-0.3, -0.25) is 0 Å². The molecule has 15 heavy (non-hydrogen) atoms. The Labute approximate surface area is 89.4 Å². The maximum atomic E-state index is 8.83. The van der Waals surface area contributed by atoms with E-state index in [-0.39, 0.29) is 0 Å². The fourth-order valence-corrected chi connectivity index (χ4v) is 1.63. The summed E-state index contributed by atoms with van der Waals surface area (Å²) in [6.45, 7) is 2.78. The van der Waals surface area contributed by atoms with Gasteiger partial charge in [0, 0.05) is 18.9 Å². The molecule has 0 spiro atoms. The highest BCUT2D eigenvalue weighted by molar-refractivity contribution is 5.35. The van der Waals surface area contributed by atoms with Gasteiger partial charge in [0.25, 0.3) is 0 Å². The number of rotatable bonds is 2. The molecular formula is C13H12N2. The van der Waals surface area contributed by atoms with Crippen LogP contribution < -0.4 is 0 Å². The predicted octanol–water partition coefficient (Wildman–Crippen LogP) is 2.72. The quantitative estimate of drug-likeness (QED) is 0.726. The largest absolute Gasteiger partial charge is 0.348 e. The topological polar surface area (TPSA) is 28.7 Å². The fraction of sp³-hybridized carbons (Fsp3) is 0.154. The van der Waals surface area contributed by atoms with Crippen molar-refractivity contribution in [2.75, 3.05) is 0 Å². The lowest BCUT2D eigenvalue weighted by Crippen LogP contribution is -1.95. The molecule has 0 bridgehead atoms. The van der Waals surface area contributed by atoms with E-state index in [9.17, 15) is 0 Å². The molecule has 0 aliphatic carbocycles. The predicted molar refractivity (Wildman–Crippen MR) is 59.4 cm³/mol. The Morgan fingerprint density at radius 2 is 1.93 bits per heavy atom. The van der Waals surface area contributed by atoms with Gasteiger partial charge in [0.1, 0.15) is 6.07 Å². The lowest BCUT2D eigenvalue weighted by atomic mass is 10.2. The van der Waals surface area contributed by atoms with Crippen molar-refractivity contribution in [3.63, 3.8) is 0 Å². The molecule has 0 aliphatic rings. The Balaban J connectivity index is 2.23. The van der Waals surface area contributed by atoms with E-state index in [1.165, 1.54) is 5.56 Å². The van der Waals surface area contributed by atoms with Crippen LogP contribution in [0, 0.1) is 18.3 Å². The molecule has 0 aliphatic heterocycles. The molecule has 1 aromatic heterocycles. The standard InChI is InChI=1S/C13H12N2/c1-11-8-15(10-13(11)7-14)9-12-5-3-2-4-6-12/h2-6,8,10H,9H2,1H3. The summed E-state index contributed by atoms with van der Waals surface area (Å²) in [4.78, 5) is 0.